The van der Waals surface area contributed by atoms with Gasteiger partial charge in [0.05, 0.1) is 18.3 Å². The molecule has 27 heavy (non-hydrogen) atoms. The molecule has 1 fully saturated rings. The predicted molar refractivity (Wildman–Crippen MR) is 101 cm³/mol. The van der Waals surface area contributed by atoms with Gasteiger partial charge in [-0.2, -0.15) is 10.1 Å². The summed E-state index contributed by atoms with van der Waals surface area (Å²) in [5.41, 5.74) is 7.41. The number of aromatic nitrogens is 4. The highest BCUT2D eigenvalue weighted by Gasteiger charge is 2.27. The molecule has 3 heterocycles. The van der Waals surface area contributed by atoms with Crippen LogP contribution >= 0.6 is 0 Å². The van der Waals surface area contributed by atoms with E-state index in [0.717, 1.165) is 29.3 Å². The number of nitrogens with two attached hydrogens (primary N) is 1. The number of amides is 1. The molecule has 0 atom stereocenters. The van der Waals surface area contributed by atoms with Crippen molar-refractivity contribution < 1.29 is 9.32 Å². The standard InChI is InChI=1S/C19H24N6O2/c1-12(2)25-16-9-14(3-4-15(16)11-21-25)18-22-19(27-23-18)13-5-7-24(8-6-13)17(26)10-20/h3-4,9,11-13H,5-8,10,20H2,1-2H3. The Morgan fingerprint density at radius 2 is 2.11 bits per heavy atom. The van der Waals surface area contributed by atoms with E-state index in [2.05, 4.69) is 35.2 Å². The molecule has 0 saturated carbocycles. The highest BCUT2D eigenvalue weighted by molar-refractivity contribution is 5.83. The van der Waals surface area contributed by atoms with Crippen LogP contribution in [0.2, 0.25) is 0 Å². The lowest BCUT2D eigenvalue weighted by Crippen LogP contribution is -2.41. The number of likely N-dealkylation sites (tertiary alicyclic amines) is 1. The monoisotopic (exact) mass is 368 g/mol. The second-order valence-corrected chi connectivity index (χ2v) is 7.27. The number of benzene rings is 1. The van der Waals surface area contributed by atoms with Crippen LogP contribution in [0.1, 0.15) is 44.5 Å². The summed E-state index contributed by atoms with van der Waals surface area (Å²) in [4.78, 5) is 18.1. The van der Waals surface area contributed by atoms with Gasteiger partial charge in [0.25, 0.3) is 0 Å². The molecular formula is C19H24N6O2. The second kappa shape index (κ2) is 7.11. The number of carbonyl (C=O) groups is 1. The first-order valence-corrected chi connectivity index (χ1v) is 9.36. The maximum absolute atomic E-state index is 11.7. The van der Waals surface area contributed by atoms with Crippen molar-refractivity contribution in [3.63, 3.8) is 0 Å². The van der Waals surface area contributed by atoms with Gasteiger partial charge in [0.2, 0.25) is 17.6 Å². The molecule has 142 valence electrons. The van der Waals surface area contributed by atoms with Gasteiger partial charge < -0.3 is 15.2 Å². The molecule has 0 spiro atoms. The first-order valence-electron chi connectivity index (χ1n) is 9.36. The lowest BCUT2D eigenvalue weighted by Gasteiger charge is -2.30. The number of piperidine rings is 1. The second-order valence-electron chi connectivity index (χ2n) is 7.27. The van der Waals surface area contributed by atoms with Gasteiger partial charge in [-0.25, -0.2) is 0 Å². The van der Waals surface area contributed by atoms with Gasteiger partial charge in [-0.05, 0) is 32.8 Å². The molecule has 0 radical (unpaired) electrons. The highest BCUT2D eigenvalue weighted by Crippen LogP contribution is 2.29. The third-order valence-electron chi connectivity index (χ3n) is 5.16. The van der Waals surface area contributed by atoms with Crippen LogP contribution in [0.4, 0.5) is 0 Å². The quantitative estimate of drug-likeness (QED) is 0.758. The van der Waals surface area contributed by atoms with Gasteiger partial charge in [0.1, 0.15) is 0 Å². The lowest BCUT2D eigenvalue weighted by atomic mass is 9.96. The van der Waals surface area contributed by atoms with Crippen molar-refractivity contribution in [1.29, 1.82) is 0 Å². The van der Waals surface area contributed by atoms with E-state index in [0.29, 0.717) is 24.8 Å². The number of hydrogen-bond acceptors (Lipinski definition) is 6. The number of carbonyl (C=O) groups excluding carboxylic acids is 1. The molecule has 2 aromatic heterocycles. The minimum atomic E-state index is -0.00488. The molecular weight excluding hydrogens is 344 g/mol. The molecule has 0 aliphatic carbocycles. The van der Waals surface area contributed by atoms with Gasteiger partial charge >= 0.3 is 0 Å². The Hall–Kier alpha value is -2.74. The van der Waals surface area contributed by atoms with Crippen molar-refractivity contribution in [3.8, 4) is 11.4 Å². The summed E-state index contributed by atoms with van der Waals surface area (Å²) in [6.07, 6.45) is 3.50. The van der Waals surface area contributed by atoms with E-state index in [1.165, 1.54) is 0 Å². The zero-order valence-corrected chi connectivity index (χ0v) is 15.6. The Balaban J connectivity index is 1.54. The minimum Gasteiger partial charge on any atom is -0.342 e. The highest BCUT2D eigenvalue weighted by atomic mass is 16.5. The van der Waals surface area contributed by atoms with Gasteiger partial charge in [-0.3, -0.25) is 9.48 Å². The third-order valence-corrected chi connectivity index (χ3v) is 5.16. The number of rotatable bonds is 4. The van der Waals surface area contributed by atoms with Crippen molar-refractivity contribution in [2.24, 2.45) is 5.73 Å². The van der Waals surface area contributed by atoms with Crippen LogP contribution in [0.5, 0.6) is 0 Å². The molecule has 0 bridgehead atoms. The average molecular weight is 368 g/mol. The van der Waals surface area contributed by atoms with Crippen LogP contribution in [0.25, 0.3) is 22.3 Å². The first kappa shape index (κ1) is 17.7. The number of nitrogens with zero attached hydrogens (tertiary/aromatic N) is 5. The molecule has 1 amide bonds. The van der Waals surface area contributed by atoms with Crippen molar-refractivity contribution >= 4 is 16.8 Å². The molecule has 3 aromatic rings. The van der Waals surface area contributed by atoms with Crippen molar-refractivity contribution in [3.05, 3.63) is 30.3 Å². The largest absolute Gasteiger partial charge is 0.342 e. The Morgan fingerprint density at radius 1 is 1.33 bits per heavy atom. The summed E-state index contributed by atoms with van der Waals surface area (Å²) in [5, 5.41) is 9.72. The summed E-state index contributed by atoms with van der Waals surface area (Å²) in [6, 6.07) is 6.36. The Labute approximate surface area is 157 Å². The Morgan fingerprint density at radius 3 is 2.81 bits per heavy atom. The minimum absolute atomic E-state index is 0.00488. The summed E-state index contributed by atoms with van der Waals surface area (Å²) in [6.45, 7) is 5.63. The lowest BCUT2D eigenvalue weighted by molar-refractivity contribution is -0.130. The third kappa shape index (κ3) is 3.32. The average Bonchev–Trinajstić information content (AvgIpc) is 3.34. The Kier molecular flexibility index (Phi) is 4.65. The van der Waals surface area contributed by atoms with Crippen LogP contribution in [0.15, 0.2) is 28.9 Å². The van der Waals surface area contributed by atoms with Crippen LogP contribution in [0, 0.1) is 0 Å². The molecule has 0 unspecified atom stereocenters. The first-order chi connectivity index (χ1) is 13.1. The predicted octanol–water partition coefficient (Wildman–Crippen LogP) is 2.33. The topological polar surface area (TPSA) is 103 Å². The molecule has 8 nitrogen and oxygen atoms in total. The van der Waals surface area contributed by atoms with Gasteiger partial charge in [-0.1, -0.05) is 17.3 Å². The fourth-order valence-corrected chi connectivity index (χ4v) is 3.61. The van der Waals surface area contributed by atoms with E-state index in [1.807, 2.05) is 23.0 Å². The summed E-state index contributed by atoms with van der Waals surface area (Å²) >= 11 is 0. The molecule has 8 heteroatoms. The van der Waals surface area contributed by atoms with Crippen molar-refractivity contribution in [2.75, 3.05) is 19.6 Å². The van der Waals surface area contributed by atoms with Crippen LogP contribution < -0.4 is 5.73 Å². The molecule has 2 N–H and O–H groups in total. The van der Waals surface area contributed by atoms with Crippen molar-refractivity contribution in [1.82, 2.24) is 24.8 Å². The van der Waals surface area contributed by atoms with E-state index in [-0.39, 0.29) is 24.4 Å². The van der Waals surface area contributed by atoms with E-state index < -0.39 is 0 Å². The van der Waals surface area contributed by atoms with Gasteiger partial charge in [0, 0.05) is 36.0 Å². The molecule has 1 saturated heterocycles. The SMILES string of the molecule is CC(C)n1ncc2ccc(-c3noc(C4CCN(C(=O)CN)CC4)n3)cc21. The smallest absolute Gasteiger partial charge is 0.236 e. The number of hydrogen-bond donors (Lipinski definition) is 1. The number of fused-ring (bicyclic) bond motifs is 1. The molecule has 1 aliphatic heterocycles. The molecule has 1 aliphatic rings. The van der Waals surface area contributed by atoms with E-state index in [1.54, 1.807) is 4.90 Å². The summed E-state index contributed by atoms with van der Waals surface area (Å²) in [5.74, 6) is 1.40. The van der Waals surface area contributed by atoms with Gasteiger partial charge in [0.15, 0.2) is 0 Å². The fraction of sp³-hybridized carbons (Fsp3) is 0.474. The maximum atomic E-state index is 11.7. The van der Waals surface area contributed by atoms with Crippen LogP contribution in [-0.4, -0.2) is 50.4 Å². The maximum Gasteiger partial charge on any atom is 0.236 e. The van der Waals surface area contributed by atoms with Crippen molar-refractivity contribution in [2.45, 2.75) is 38.6 Å². The molecule has 4 rings (SSSR count). The summed E-state index contributed by atoms with van der Waals surface area (Å²) < 4.78 is 7.53. The Bertz CT molecular complexity index is 952. The fourth-order valence-electron chi connectivity index (χ4n) is 3.61. The zero-order chi connectivity index (χ0) is 19.0. The van der Waals surface area contributed by atoms with E-state index in [4.69, 9.17) is 10.3 Å². The summed E-state index contributed by atoms with van der Waals surface area (Å²) in [7, 11) is 0. The van der Waals surface area contributed by atoms with E-state index >= 15 is 0 Å². The van der Waals surface area contributed by atoms with Crippen LogP contribution in [-0.2, 0) is 4.79 Å². The van der Waals surface area contributed by atoms with E-state index in [9.17, 15) is 4.79 Å². The molecule has 1 aromatic carbocycles. The zero-order valence-electron chi connectivity index (χ0n) is 15.6. The normalized spacial score (nSPS) is 15.8. The van der Waals surface area contributed by atoms with Crippen LogP contribution in [0.3, 0.4) is 0 Å². The van der Waals surface area contributed by atoms with Gasteiger partial charge in [-0.15, -0.1) is 0 Å².